The Morgan fingerprint density at radius 2 is 1.41 bits per heavy atom. The van der Waals surface area contributed by atoms with Gasteiger partial charge in [0.15, 0.2) is 0 Å². The van der Waals surface area contributed by atoms with Crippen molar-refractivity contribution in [2.75, 3.05) is 0 Å². The zero-order valence-corrected chi connectivity index (χ0v) is 29.1. The van der Waals surface area contributed by atoms with Gasteiger partial charge in [0.1, 0.15) is 0 Å². The van der Waals surface area contributed by atoms with Gasteiger partial charge in [0, 0.05) is 0 Å². The summed E-state index contributed by atoms with van der Waals surface area (Å²) in [5.74, 6) is 1.72. The van der Waals surface area contributed by atoms with Crippen molar-refractivity contribution in [1.29, 1.82) is 0 Å². The van der Waals surface area contributed by atoms with E-state index in [1.165, 1.54) is 76.3 Å². The van der Waals surface area contributed by atoms with E-state index < -0.39 is 26.5 Å². The number of thiophene rings is 2. The Hall–Kier alpha value is 0.416. The quantitative estimate of drug-likeness (QED) is 0.137. The molecule has 3 rings (SSSR count). The Bertz CT molecular complexity index is 904. The third-order valence-electron chi connectivity index (χ3n) is 8.06. The molecular formula is C30H52S2SiSn. The summed E-state index contributed by atoms with van der Waals surface area (Å²) in [4.78, 5) is 12.8. The Labute approximate surface area is 225 Å². The van der Waals surface area contributed by atoms with E-state index in [0.29, 0.717) is 0 Å². The van der Waals surface area contributed by atoms with E-state index in [9.17, 15) is 0 Å². The molecule has 0 radical (unpaired) electrons. The molecule has 1 aliphatic rings. The van der Waals surface area contributed by atoms with Crippen molar-refractivity contribution in [2.45, 2.75) is 126 Å². The summed E-state index contributed by atoms with van der Waals surface area (Å²) >= 11 is 2.27. The van der Waals surface area contributed by atoms with Gasteiger partial charge in [-0.1, -0.05) is 0 Å². The number of fused-ring (bicyclic) bond motifs is 3. The normalized spacial score (nSPS) is 18.5. The first-order valence-corrected chi connectivity index (χ1v) is 28.4. The Kier molecular flexibility index (Phi) is 10.9. The molecule has 0 nitrogen and oxygen atoms in total. The molecule has 0 N–H and O–H groups in total. The second kappa shape index (κ2) is 12.8. The number of unbranched alkanes of at least 4 members (excludes halogenated alkanes) is 5. The molecule has 0 bridgehead atoms. The summed E-state index contributed by atoms with van der Waals surface area (Å²) in [6, 6.07) is 8.45. The molecule has 2 atom stereocenters. The number of rotatable bonds is 15. The van der Waals surface area contributed by atoms with Crippen LogP contribution in [0.4, 0.5) is 0 Å². The van der Waals surface area contributed by atoms with Gasteiger partial charge in [-0.3, -0.25) is 0 Å². The molecule has 0 saturated carbocycles. The second-order valence-electron chi connectivity index (χ2n) is 12.8. The van der Waals surface area contributed by atoms with Crippen molar-refractivity contribution >= 4 is 62.4 Å². The van der Waals surface area contributed by atoms with E-state index in [1.54, 1.807) is 14.6 Å². The zero-order valence-electron chi connectivity index (χ0n) is 23.6. The Morgan fingerprint density at radius 1 is 0.765 bits per heavy atom. The van der Waals surface area contributed by atoms with Gasteiger partial charge in [0.25, 0.3) is 0 Å². The number of aryl methyl sites for hydroxylation is 1. The Morgan fingerprint density at radius 3 is 2.09 bits per heavy atom. The fourth-order valence-corrected chi connectivity index (χ4v) is 21.0. The Balaban J connectivity index is 1.87. The standard InChI is InChI=1S/C27H43S2Si.3CH3.Sn/c1-6-7-8-9-10-11-18-30(19-16-22(4)14-12-13-21(2)3)24-15-17-28-26(24)27-25(30)20-23(5)29-27;;;;/h15,20-22H,6-14,16,18-19H2,1-5H3;3*1H3;. The third kappa shape index (κ3) is 7.04. The van der Waals surface area contributed by atoms with Crippen LogP contribution in [0.3, 0.4) is 0 Å². The maximum atomic E-state index is 2.80. The fourth-order valence-electron chi connectivity index (χ4n) is 5.85. The summed E-state index contributed by atoms with van der Waals surface area (Å²) in [5.41, 5.74) is 0. The summed E-state index contributed by atoms with van der Waals surface area (Å²) in [6.45, 7) is 12.0. The van der Waals surface area contributed by atoms with E-state index >= 15 is 0 Å². The van der Waals surface area contributed by atoms with Gasteiger partial charge in [-0.05, 0) is 0 Å². The molecule has 2 aromatic heterocycles. The van der Waals surface area contributed by atoms with E-state index in [-0.39, 0.29) is 0 Å². The van der Waals surface area contributed by atoms with E-state index in [4.69, 9.17) is 0 Å². The van der Waals surface area contributed by atoms with Crippen LogP contribution < -0.4 is 13.3 Å². The summed E-state index contributed by atoms with van der Waals surface area (Å²) in [5, 5.41) is 3.75. The average Bonchev–Trinajstić information content (AvgIpc) is 3.41. The minimum absolute atomic E-state index is 0.849. The molecule has 1 aliphatic heterocycles. The third-order valence-corrected chi connectivity index (χ3v) is 25.4. The average molecular weight is 624 g/mol. The van der Waals surface area contributed by atoms with Crippen LogP contribution in [-0.4, -0.2) is 26.5 Å². The van der Waals surface area contributed by atoms with E-state index in [0.717, 1.165) is 11.8 Å². The van der Waals surface area contributed by atoms with Crippen LogP contribution in [0.2, 0.25) is 26.9 Å². The summed E-state index contributed by atoms with van der Waals surface area (Å²) in [6.07, 6.45) is 14.2. The van der Waals surface area contributed by atoms with Crippen molar-refractivity contribution in [2.24, 2.45) is 11.8 Å². The maximum absolute atomic E-state index is 2.80. The molecular weight excluding hydrogens is 571 g/mol. The van der Waals surface area contributed by atoms with Gasteiger partial charge in [-0.15, -0.1) is 0 Å². The molecule has 2 aromatic rings. The van der Waals surface area contributed by atoms with Gasteiger partial charge in [0.2, 0.25) is 0 Å². The van der Waals surface area contributed by atoms with Crippen LogP contribution in [0.5, 0.6) is 0 Å². The first-order chi connectivity index (χ1) is 16.1. The van der Waals surface area contributed by atoms with Crippen molar-refractivity contribution in [3.8, 4) is 9.75 Å². The van der Waals surface area contributed by atoms with Crippen LogP contribution in [0.1, 0.15) is 96.8 Å². The SMILES string of the molecule is CCCCCCCC[Si]1(CCC(C)CCCC(C)C)c2cc(C)sc2-c2s[c]([Sn]([CH3])([CH3])[CH3])cc21. The van der Waals surface area contributed by atoms with Crippen molar-refractivity contribution in [3.05, 3.63) is 17.0 Å². The van der Waals surface area contributed by atoms with Gasteiger partial charge >= 0.3 is 227 Å². The molecule has 4 heteroatoms. The van der Waals surface area contributed by atoms with Crippen LogP contribution in [0, 0.1) is 18.8 Å². The van der Waals surface area contributed by atoms with E-state index in [2.05, 4.69) is 84.2 Å². The number of hydrogen-bond acceptors (Lipinski definition) is 2. The summed E-state index contributed by atoms with van der Waals surface area (Å²) in [7, 11) is -1.65. The van der Waals surface area contributed by atoms with E-state index in [1.807, 2.05) is 13.3 Å². The molecule has 192 valence electrons. The molecule has 0 saturated heterocycles. The van der Waals surface area contributed by atoms with Crippen molar-refractivity contribution in [1.82, 2.24) is 0 Å². The van der Waals surface area contributed by atoms with Gasteiger partial charge < -0.3 is 0 Å². The first-order valence-electron chi connectivity index (χ1n) is 14.3. The second-order valence-corrected chi connectivity index (χ2v) is 34.7. The van der Waals surface area contributed by atoms with Crippen molar-refractivity contribution in [3.63, 3.8) is 0 Å². The van der Waals surface area contributed by atoms with Gasteiger partial charge in [-0.25, -0.2) is 0 Å². The fraction of sp³-hybridized carbons (Fsp3) is 0.733. The molecule has 0 spiro atoms. The van der Waals surface area contributed by atoms with Crippen LogP contribution in [0.25, 0.3) is 9.75 Å². The van der Waals surface area contributed by atoms with Crippen LogP contribution >= 0.6 is 22.7 Å². The molecule has 0 aliphatic carbocycles. The molecule has 0 amide bonds. The first kappa shape index (κ1) is 29.0. The number of hydrogen-bond donors (Lipinski definition) is 0. The molecule has 0 fully saturated rings. The minimum atomic E-state index is -2.07. The van der Waals surface area contributed by atoms with Gasteiger partial charge in [-0.2, -0.15) is 0 Å². The zero-order chi connectivity index (χ0) is 24.9. The van der Waals surface area contributed by atoms with Crippen molar-refractivity contribution < 1.29 is 0 Å². The topological polar surface area (TPSA) is 0 Å². The molecule has 34 heavy (non-hydrogen) atoms. The predicted octanol–water partition coefficient (Wildman–Crippen LogP) is 9.42. The molecule has 0 aromatic carbocycles. The summed E-state index contributed by atoms with van der Waals surface area (Å²) < 4.78 is 1.82. The van der Waals surface area contributed by atoms with Gasteiger partial charge in [0.05, 0.1) is 0 Å². The monoisotopic (exact) mass is 624 g/mol. The van der Waals surface area contributed by atoms with Crippen LogP contribution in [-0.2, 0) is 0 Å². The van der Waals surface area contributed by atoms with Crippen LogP contribution in [0.15, 0.2) is 12.1 Å². The molecule has 2 unspecified atom stereocenters. The predicted molar refractivity (Wildman–Crippen MR) is 166 cm³/mol. The molecule has 3 heterocycles.